The van der Waals surface area contributed by atoms with Gasteiger partial charge >= 0.3 is 0 Å². The van der Waals surface area contributed by atoms with E-state index in [9.17, 15) is 4.79 Å². The van der Waals surface area contributed by atoms with Crippen LogP contribution in [0.2, 0.25) is 0 Å². The predicted octanol–water partition coefficient (Wildman–Crippen LogP) is 3.53. The number of anilines is 1. The number of hydrogen-bond acceptors (Lipinski definition) is 4. The molecule has 4 nitrogen and oxygen atoms in total. The summed E-state index contributed by atoms with van der Waals surface area (Å²) < 4.78 is 5.80. The average Bonchev–Trinajstić information content (AvgIpc) is 2.45. The first-order valence-electron chi connectivity index (χ1n) is 6.87. The van der Waals surface area contributed by atoms with Crippen molar-refractivity contribution in [3.8, 4) is 5.75 Å². The Morgan fingerprint density at radius 2 is 1.95 bits per heavy atom. The van der Waals surface area contributed by atoms with E-state index in [0.29, 0.717) is 22.7 Å². The highest BCUT2D eigenvalue weighted by Gasteiger charge is 2.16. The summed E-state index contributed by atoms with van der Waals surface area (Å²) >= 11 is 0. The third-order valence-electron chi connectivity index (χ3n) is 2.81. The number of ether oxygens (including phenoxy) is 1. The van der Waals surface area contributed by atoms with Crippen LogP contribution in [0.4, 0.5) is 5.82 Å². The highest BCUT2D eigenvalue weighted by molar-refractivity contribution is 6.11. The van der Waals surface area contributed by atoms with Crippen molar-refractivity contribution < 1.29 is 9.53 Å². The van der Waals surface area contributed by atoms with Crippen molar-refractivity contribution in [3.63, 3.8) is 0 Å². The van der Waals surface area contributed by atoms with Crippen LogP contribution >= 0.6 is 0 Å². The fraction of sp³-hybridized carbons (Fsp3) is 0.294. The number of aromatic nitrogens is 1. The Morgan fingerprint density at radius 1 is 1.19 bits per heavy atom. The van der Waals surface area contributed by atoms with Gasteiger partial charge in [-0.15, -0.1) is 0 Å². The monoisotopic (exact) mass is 284 g/mol. The van der Waals surface area contributed by atoms with E-state index in [2.05, 4.69) is 10.3 Å². The summed E-state index contributed by atoms with van der Waals surface area (Å²) in [4.78, 5) is 16.8. The van der Waals surface area contributed by atoms with Crippen LogP contribution in [0.25, 0.3) is 0 Å². The molecule has 1 heterocycles. The SMILES string of the molecule is CNc1ncccc1C(=O)c1cccc(OC(C)(C)C)c1. The number of ketones is 1. The predicted molar refractivity (Wildman–Crippen MR) is 84.0 cm³/mol. The van der Waals surface area contributed by atoms with Crippen LogP contribution < -0.4 is 10.1 Å². The van der Waals surface area contributed by atoms with E-state index in [1.807, 2.05) is 32.9 Å². The first kappa shape index (κ1) is 15.0. The van der Waals surface area contributed by atoms with Gasteiger partial charge in [-0.2, -0.15) is 0 Å². The van der Waals surface area contributed by atoms with Gasteiger partial charge < -0.3 is 10.1 Å². The van der Waals surface area contributed by atoms with Crippen LogP contribution in [-0.4, -0.2) is 23.4 Å². The van der Waals surface area contributed by atoms with Crippen LogP contribution in [0.15, 0.2) is 42.6 Å². The molecule has 0 aliphatic heterocycles. The van der Waals surface area contributed by atoms with E-state index >= 15 is 0 Å². The molecule has 0 aliphatic rings. The minimum atomic E-state index is -0.299. The van der Waals surface area contributed by atoms with Crippen LogP contribution in [-0.2, 0) is 0 Å². The van der Waals surface area contributed by atoms with Gasteiger partial charge in [-0.05, 0) is 45.0 Å². The first-order chi connectivity index (χ1) is 9.90. The number of hydrogen-bond donors (Lipinski definition) is 1. The van der Waals surface area contributed by atoms with Crippen molar-refractivity contribution in [3.05, 3.63) is 53.7 Å². The summed E-state index contributed by atoms with van der Waals surface area (Å²) in [6.07, 6.45) is 1.65. The number of nitrogens with one attached hydrogen (secondary N) is 1. The van der Waals surface area contributed by atoms with Gasteiger partial charge in [-0.3, -0.25) is 4.79 Å². The van der Waals surface area contributed by atoms with Gasteiger partial charge in [-0.25, -0.2) is 4.98 Å². The second-order valence-electron chi connectivity index (χ2n) is 5.72. The number of pyridine rings is 1. The van der Waals surface area contributed by atoms with Crippen LogP contribution in [0.3, 0.4) is 0 Å². The number of benzene rings is 1. The fourth-order valence-electron chi connectivity index (χ4n) is 2.00. The maximum absolute atomic E-state index is 12.6. The second-order valence-corrected chi connectivity index (χ2v) is 5.72. The zero-order chi connectivity index (χ0) is 15.5. The van der Waals surface area contributed by atoms with Crippen molar-refractivity contribution >= 4 is 11.6 Å². The topological polar surface area (TPSA) is 51.2 Å². The molecular formula is C17H20N2O2. The van der Waals surface area contributed by atoms with Crippen molar-refractivity contribution in [1.82, 2.24) is 4.98 Å². The van der Waals surface area contributed by atoms with Crippen molar-refractivity contribution in [2.24, 2.45) is 0 Å². The third kappa shape index (κ3) is 3.81. The Morgan fingerprint density at radius 3 is 2.62 bits per heavy atom. The lowest BCUT2D eigenvalue weighted by Gasteiger charge is -2.21. The highest BCUT2D eigenvalue weighted by atomic mass is 16.5. The van der Waals surface area contributed by atoms with E-state index in [1.54, 1.807) is 37.5 Å². The quantitative estimate of drug-likeness (QED) is 0.873. The molecule has 0 spiro atoms. The largest absolute Gasteiger partial charge is 0.488 e. The lowest BCUT2D eigenvalue weighted by atomic mass is 10.0. The Balaban J connectivity index is 2.33. The van der Waals surface area contributed by atoms with Gasteiger partial charge in [0.1, 0.15) is 17.2 Å². The summed E-state index contributed by atoms with van der Waals surface area (Å²) in [5, 5.41) is 2.94. The molecule has 0 radical (unpaired) electrons. The van der Waals surface area contributed by atoms with Crippen LogP contribution in [0.1, 0.15) is 36.7 Å². The van der Waals surface area contributed by atoms with E-state index in [-0.39, 0.29) is 11.4 Å². The molecule has 2 rings (SSSR count). The van der Waals surface area contributed by atoms with Crippen molar-refractivity contribution in [2.75, 3.05) is 12.4 Å². The second kappa shape index (κ2) is 5.95. The maximum atomic E-state index is 12.6. The zero-order valence-corrected chi connectivity index (χ0v) is 12.8. The Kier molecular flexibility index (Phi) is 4.26. The molecule has 0 fully saturated rings. The van der Waals surface area contributed by atoms with Gasteiger partial charge in [0.25, 0.3) is 0 Å². The molecular weight excluding hydrogens is 264 g/mol. The Bertz CT molecular complexity index is 645. The molecule has 21 heavy (non-hydrogen) atoms. The smallest absolute Gasteiger partial charge is 0.196 e. The summed E-state index contributed by atoms with van der Waals surface area (Å²) in [7, 11) is 1.75. The lowest BCUT2D eigenvalue weighted by molar-refractivity contribution is 0.103. The van der Waals surface area contributed by atoms with Crippen LogP contribution in [0, 0.1) is 0 Å². The number of rotatable bonds is 4. The molecule has 1 aromatic heterocycles. The van der Waals surface area contributed by atoms with Gasteiger partial charge in [0.15, 0.2) is 5.78 Å². The highest BCUT2D eigenvalue weighted by Crippen LogP contribution is 2.22. The molecule has 0 bridgehead atoms. The number of carbonyl (C=O) groups excluding carboxylic acids is 1. The van der Waals surface area contributed by atoms with E-state index in [1.165, 1.54) is 0 Å². The molecule has 0 saturated heterocycles. The Labute approximate surface area is 125 Å². The van der Waals surface area contributed by atoms with Gasteiger partial charge in [-0.1, -0.05) is 12.1 Å². The normalized spacial score (nSPS) is 11.0. The van der Waals surface area contributed by atoms with Crippen molar-refractivity contribution in [2.45, 2.75) is 26.4 Å². The molecule has 0 unspecified atom stereocenters. The molecule has 0 saturated carbocycles. The zero-order valence-electron chi connectivity index (χ0n) is 12.8. The minimum Gasteiger partial charge on any atom is -0.488 e. The minimum absolute atomic E-state index is 0.0770. The molecule has 1 N–H and O–H groups in total. The van der Waals surface area contributed by atoms with E-state index in [0.717, 1.165) is 0 Å². The van der Waals surface area contributed by atoms with Gasteiger partial charge in [0.2, 0.25) is 0 Å². The molecule has 0 atom stereocenters. The standard InChI is InChI=1S/C17H20N2O2/c1-17(2,3)21-13-8-5-7-12(11-13)15(20)14-9-6-10-19-16(14)18-4/h5-11H,1-4H3,(H,18,19). The molecule has 0 aliphatic carbocycles. The van der Waals surface area contributed by atoms with Crippen molar-refractivity contribution in [1.29, 1.82) is 0 Å². The summed E-state index contributed by atoms with van der Waals surface area (Å²) in [5.41, 5.74) is 0.834. The third-order valence-corrected chi connectivity index (χ3v) is 2.81. The Hall–Kier alpha value is -2.36. The van der Waals surface area contributed by atoms with E-state index < -0.39 is 0 Å². The maximum Gasteiger partial charge on any atom is 0.196 e. The molecule has 4 heteroatoms. The first-order valence-corrected chi connectivity index (χ1v) is 6.87. The fourth-order valence-corrected chi connectivity index (χ4v) is 2.00. The molecule has 110 valence electrons. The summed E-state index contributed by atoms with van der Waals surface area (Å²) in [5.74, 6) is 1.18. The summed E-state index contributed by atoms with van der Waals surface area (Å²) in [6, 6.07) is 10.7. The van der Waals surface area contributed by atoms with Gasteiger partial charge in [0, 0.05) is 18.8 Å². The van der Waals surface area contributed by atoms with E-state index in [4.69, 9.17) is 4.74 Å². The number of nitrogens with zero attached hydrogens (tertiary/aromatic N) is 1. The molecule has 0 amide bonds. The molecule has 1 aromatic carbocycles. The van der Waals surface area contributed by atoms with Crippen LogP contribution in [0.5, 0.6) is 5.75 Å². The van der Waals surface area contributed by atoms with Gasteiger partial charge in [0.05, 0.1) is 5.56 Å². The molecule has 2 aromatic rings. The number of carbonyl (C=O) groups is 1. The lowest BCUT2D eigenvalue weighted by Crippen LogP contribution is -2.23. The average molecular weight is 284 g/mol. The summed E-state index contributed by atoms with van der Waals surface area (Å²) in [6.45, 7) is 5.92.